The smallest absolute Gasteiger partial charge is 0.0772 e. The van der Waals surface area contributed by atoms with Crippen LogP contribution in [-0.2, 0) is 9.47 Å². The van der Waals surface area contributed by atoms with Crippen LogP contribution in [0.4, 0.5) is 0 Å². The maximum Gasteiger partial charge on any atom is 0.0772 e. The van der Waals surface area contributed by atoms with Crippen LogP contribution in [0.1, 0.15) is 33.6 Å². The predicted octanol–water partition coefficient (Wildman–Crippen LogP) is 1.80. The molecule has 0 aromatic heterocycles. The van der Waals surface area contributed by atoms with Gasteiger partial charge in [-0.25, -0.2) is 0 Å². The summed E-state index contributed by atoms with van der Waals surface area (Å²) in [5.74, 6) is 0.544. The first kappa shape index (κ1) is 12.9. The van der Waals surface area contributed by atoms with Crippen molar-refractivity contribution in [2.24, 2.45) is 17.1 Å². The number of methoxy groups -OCH3 is 1. The van der Waals surface area contributed by atoms with E-state index in [4.69, 9.17) is 15.2 Å². The lowest BCUT2D eigenvalue weighted by molar-refractivity contribution is -0.0344. The van der Waals surface area contributed by atoms with Crippen LogP contribution in [0.15, 0.2) is 0 Å². The van der Waals surface area contributed by atoms with Crippen LogP contribution in [-0.4, -0.2) is 32.5 Å². The molecule has 0 aromatic carbocycles. The number of rotatable bonds is 3. The van der Waals surface area contributed by atoms with Crippen LogP contribution in [0.5, 0.6) is 0 Å². The van der Waals surface area contributed by atoms with Gasteiger partial charge in [0.25, 0.3) is 0 Å². The van der Waals surface area contributed by atoms with E-state index in [9.17, 15) is 0 Å². The minimum atomic E-state index is 0.104. The summed E-state index contributed by atoms with van der Waals surface area (Å²) < 4.78 is 10.9. The Bertz CT molecular complexity index is 183. The molecule has 0 spiro atoms. The van der Waals surface area contributed by atoms with Gasteiger partial charge in [0.2, 0.25) is 0 Å². The first-order valence-electron chi connectivity index (χ1n) is 5.83. The molecular formula is C12H25NO2. The third-order valence-electron chi connectivity index (χ3n) is 3.27. The Morgan fingerprint density at radius 1 is 1.27 bits per heavy atom. The summed E-state index contributed by atoms with van der Waals surface area (Å²) in [5.41, 5.74) is 6.41. The Balaban J connectivity index is 2.59. The van der Waals surface area contributed by atoms with Gasteiger partial charge in [-0.3, -0.25) is 0 Å². The van der Waals surface area contributed by atoms with E-state index in [1.54, 1.807) is 7.11 Å². The molecule has 1 saturated heterocycles. The summed E-state index contributed by atoms with van der Waals surface area (Å²) in [6, 6.07) is 0.124. The molecule has 3 nitrogen and oxygen atoms in total. The average Bonchev–Trinajstić information content (AvgIpc) is 2.18. The van der Waals surface area contributed by atoms with E-state index in [0.717, 1.165) is 26.1 Å². The number of ether oxygens (including phenoxy) is 2. The van der Waals surface area contributed by atoms with Gasteiger partial charge < -0.3 is 15.2 Å². The Kier molecular flexibility index (Phi) is 4.56. The first-order chi connectivity index (χ1) is 6.96. The van der Waals surface area contributed by atoms with Crippen molar-refractivity contribution in [3.63, 3.8) is 0 Å². The molecule has 3 heteroatoms. The zero-order chi connectivity index (χ0) is 11.5. The Hall–Kier alpha value is -0.120. The van der Waals surface area contributed by atoms with Gasteiger partial charge >= 0.3 is 0 Å². The van der Waals surface area contributed by atoms with Crippen LogP contribution in [0.2, 0.25) is 0 Å². The molecule has 0 aromatic rings. The lowest BCUT2D eigenvalue weighted by Gasteiger charge is -2.39. The van der Waals surface area contributed by atoms with E-state index in [1.807, 2.05) is 0 Å². The molecule has 0 amide bonds. The van der Waals surface area contributed by atoms with E-state index in [-0.39, 0.29) is 17.6 Å². The Labute approximate surface area is 93.3 Å². The lowest BCUT2D eigenvalue weighted by Crippen LogP contribution is -2.50. The normalized spacial score (nSPS) is 23.8. The van der Waals surface area contributed by atoms with E-state index in [0.29, 0.717) is 5.92 Å². The van der Waals surface area contributed by atoms with Crippen molar-refractivity contribution in [2.45, 2.75) is 45.8 Å². The highest BCUT2D eigenvalue weighted by molar-refractivity contribution is 4.89. The number of nitrogens with two attached hydrogens (primary N) is 1. The highest BCUT2D eigenvalue weighted by Crippen LogP contribution is 2.30. The van der Waals surface area contributed by atoms with Crippen LogP contribution in [0.3, 0.4) is 0 Å². The lowest BCUT2D eigenvalue weighted by atomic mass is 9.78. The molecule has 1 rings (SSSR count). The molecule has 0 bridgehead atoms. The van der Waals surface area contributed by atoms with Gasteiger partial charge in [0, 0.05) is 26.4 Å². The van der Waals surface area contributed by atoms with Crippen LogP contribution < -0.4 is 5.73 Å². The van der Waals surface area contributed by atoms with Crippen molar-refractivity contribution in [2.75, 3.05) is 20.3 Å². The van der Waals surface area contributed by atoms with Gasteiger partial charge in [0.05, 0.1) is 6.10 Å². The summed E-state index contributed by atoms with van der Waals surface area (Å²) in [7, 11) is 1.76. The standard InChI is InChI=1S/C12H25NO2/c1-12(2,3)11(14-4)10(13)9-5-7-15-8-6-9/h9-11H,5-8,13H2,1-4H3. The summed E-state index contributed by atoms with van der Waals surface area (Å²) in [6.07, 6.45) is 2.26. The monoisotopic (exact) mass is 215 g/mol. The van der Waals surface area contributed by atoms with Crippen LogP contribution in [0, 0.1) is 11.3 Å². The van der Waals surface area contributed by atoms with Crippen molar-refractivity contribution in [3.8, 4) is 0 Å². The minimum Gasteiger partial charge on any atom is -0.381 e. The van der Waals surface area contributed by atoms with Gasteiger partial charge in [-0.15, -0.1) is 0 Å². The minimum absolute atomic E-state index is 0.104. The average molecular weight is 215 g/mol. The fourth-order valence-electron chi connectivity index (χ4n) is 2.44. The second-order valence-corrected chi connectivity index (χ2v) is 5.55. The molecule has 0 radical (unpaired) electrons. The van der Waals surface area contributed by atoms with Crippen molar-refractivity contribution in [3.05, 3.63) is 0 Å². The van der Waals surface area contributed by atoms with E-state index >= 15 is 0 Å². The first-order valence-corrected chi connectivity index (χ1v) is 5.83. The Morgan fingerprint density at radius 3 is 2.20 bits per heavy atom. The summed E-state index contributed by atoms with van der Waals surface area (Å²) in [4.78, 5) is 0. The summed E-state index contributed by atoms with van der Waals surface area (Å²) in [6.45, 7) is 8.24. The quantitative estimate of drug-likeness (QED) is 0.780. The molecule has 2 atom stereocenters. The highest BCUT2D eigenvalue weighted by atomic mass is 16.5. The van der Waals surface area contributed by atoms with Gasteiger partial charge in [-0.05, 0) is 24.2 Å². The van der Waals surface area contributed by atoms with Crippen molar-refractivity contribution in [1.82, 2.24) is 0 Å². The molecule has 2 unspecified atom stereocenters. The fraction of sp³-hybridized carbons (Fsp3) is 1.00. The zero-order valence-corrected chi connectivity index (χ0v) is 10.5. The van der Waals surface area contributed by atoms with Gasteiger partial charge in [0.15, 0.2) is 0 Å². The van der Waals surface area contributed by atoms with Crippen molar-refractivity contribution < 1.29 is 9.47 Å². The second-order valence-electron chi connectivity index (χ2n) is 5.55. The molecular weight excluding hydrogens is 190 g/mol. The van der Waals surface area contributed by atoms with Crippen LogP contribution >= 0.6 is 0 Å². The van der Waals surface area contributed by atoms with Gasteiger partial charge in [0.1, 0.15) is 0 Å². The van der Waals surface area contributed by atoms with Crippen LogP contribution in [0.25, 0.3) is 0 Å². The van der Waals surface area contributed by atoms with Gasteiger partial charge in [-0.2, -0.15) is 0 Å². The molecule has 90 valence electrons. The zero-order valence-electron chi connectivity index (χ0n) is 10.5. The largest absolute Gasteiger partial charge is 0.381 e. The SMILES string of the molecule is COC(C(N)C1CCOCC1)C(C)(C)C. The predicted molar refractivity (Wildman–Crippen MR) is 61.8 cm³/mol. The topological polar surface area (TPSA) is 44.5 Å². The molecule has 2 N–H and O–H groups in total. The van der Waals surface area contributed by atoms with E-state index in [1.165, 1.54) is 0 Å². The number of hydrogen-bond acceptors (Lipinski definition) is 3. The molecule has 15 heavy (non-hydrogen) atoms. The van der Waals surface area contributed by atoms with Gasteiger partial charge in [-0.1, -0.05) is 20.8 Å². The maximum absolute atomic E-state index is 6.31. The third kappa shape index (κ3) is 3.44. The molecule has 1 aliphatic rings. The third-order valence-corrected chi connectivity index (χ3v) is 3.27. The number of hydrogen-bond donors (Lipinski definition) is 1. The molecule has 1 fully saturated rings. The van der Waals surface area contributed by atoms with Crippen molar-refractivity contribution in [1.29, 1.82) is 0 Å². The molecule has 0 aliphatic carbocycles. The van der Waals surface area contributed by atoms with E-state index in [2.05, 4.69) is 20.8 Å². The molecule has 0 saturated carbocycles. The second kappa shape index (κ2) is 5.28. The fourth-order valence-corrected chi connectivity index (χ4v) is 2.44. The Morgan fingerprint density at radius 2 is 1.80 bits per heavy atom. The molecule has 1 heterocycles. The van der Waals surface area contributed by atoms with Crippen molar-refractivity contribution >= 4 is 0 Å². The maximum atomic E-state index is 6.31. The van der Waals surface area contributed by atoms with E-state index < -0.39 is 0 Å². The summed E-state index contributed by atoms with van der Waals surface area (Å²) >= 11 is 0. The highest BCUT2D eigenvalue weighted by Gasteiger charge is 2.35. The summed E-state index contributed by atoms with van der Waals surface area (Å²) in [5, 5.41) is 0. The molecule has 1 aliphatic heterocycles.